The standard InChI is InChI=1S/C19H19Cl2N3O3/c20-12-10-15(17(25)16(21)11-12)18(26)22-14-6-8-24(9-7-14)19(27)23-13-4-2-1-3-5-13/h1-5,10-11,14,25H,6-9H2,(H,22,26)(H,23,27). The molecule has 2 aromatic rings. The molecule has 0 unspecified atom stereocenters. The summed E-state index contributed by atoms with van der Waals surface area (Å²) in [5, 5.41) is 16.0. The largest absolute Gasteiger partial charge is 0.506 e. The zero-order valence-electron chi connectivity index (χ0n) is 14.4. The molecule has 0 bridgehead atoms. The van der Waals surface area contributed by atoms with Crippen molar-refractivity contribution in [3.63, 3.8) is 0 Å². The molecule has 8 heteroatoms. The third-order valence-electron chi connectivity index (χ3n) is 4.42. The van der Waals surface area contributed by atoms with Crippen LogP contribution in [0.4, 0.5) is 10.5 Å². The van der Waals surface area contributed by atoms with Crippen LogP contribution in [0.1, 0.15) is 23.2 Å². The molecule has 3 N–H and O–H groups in total. The highest BCUT2D eigenvalue weighted by Gasteiger charge is 2.25. The zero-order valence-corrected chi connectivity index (χ0v) is 15.9. The number of hydrogen-bond donors (Lipinski definition) is 3. The fourth-order valence-electron chi connectivity index (χ4n) is 2.95. The maximum atomic E-state index is 12.4. The van der Waals surface area contributed by atoms with Crippen LogP contribution in [-0.2, 0) is 0 Å². The van der Waals surface area contributed by atoms with Gasteiger partial charge in [-0.25, -0.2) is 4.79 Å². The molecule has 6 nitrogen and oxygen atoms in total. The lowest BCUT2D eigenvalue weighted by atomic mass is 10.0. The number of likely N-dealkylation sites (tertiary alicyclic amines) is 1. The molecule has 3 amide bonds. The fraction of sp³-hybridized carbons (Fsp3) is 0.263. The predicted octanol–water partition coefficient (Wildman–Crippen LogP) is 4.13. The van der Waals surface area contributed by atoms with Crippen molar-refractivity contribution in [3.05, 3.63) is 58.1 Å². The second-order valence-electron chi connectivity index (χ2n) is 6.31. The van der Waals surface area contributed by atoms with Crippen LogP contribution in [0.15, 0.2) is 42.5 Å². The Hall–Kier alpha value is -2.44. The Kier molecular flexibility index (Phi) is 6.08. The molecule has 0 aliphatic carbocycles. The first kappa shape index (κ1) is 19.3. The molecule has 1 fully saturated rings. The molecule has 1 aliphatic rings. The van der Waals surface area contributed by atoms with E-state index in [1.165, 1.54) is 12.1 Å². The van der Waals surface area contributed by atoms with Gasteiger partial charge in [0.15, 0.2) is 0 Å². The number of carbonyl (C=O) groups is 2. The van der Waals surface area contributed by atoms with Crippen molar-refractivity contribution in [1.82, 2.24) is 10.2 Å². The maximum Gasteiger partial charge on any atom is 0.321 e. The van der Waals surface area contributed by atoms with Gasteiger partial charge in [-0.3, -0.25) is 4.79 Å². The smallest absolute Gasteiger partial charge is 0.321 e. The number of phenolic OH excluding ortho intramolecular Hbond substituents is 1. The van der Waals surface area contributed by atoms with Gasteiger partial charge in [-0.2, -0.15) is 0 Å². The van der Waals surface area contributed by atoms with E-state index < -0.39 is 5.91 Å². The molecular weight excluding hydrogens is 389 g/mol. The number of anilines is 1. The summed E-state index contributed by atoms with van der Waals surface area (Å²) < 4.78 is 0. The van der Waals surface area contributed by atoms with E-state index in [0.29, 0.717) is 25.9 Å². The Morgan fingerprint density at radius 3 is 2.41 bits per heavy atom. The minimum atomic E-state index is -0.441. The Bertz CT molecular complexity index is 838. The van der Waals surface area contributed by atoms with Gasteiger partial charge in [0.2, 0.25) is 0 Å². The molecule has 1 saturated heterocycles. The molecule has 1 heterocycles. The van der Waals surface area contributed by atoms with Gasteiger partial charge in [-0.05, 0) is 37.1 Å². The molecular formula is C19H19Cl2N3O3. The minimum absolute atomic E-state index is 0.0278. The van der Waals surface area contributed by atoms with Crippen LogP contribution in [0, 0.1) is 0 Å². The van der Waals surface area contributed by atoms with Crippen LogP contribution in [0.5, 0.6) is 5.75 Å². The normalized spacial score (nSPS) is 14.7. The van der Waals surface area contributed by atoms with Crippen LogP contribution in [-0.4, -0.2) is 41.1 Å². The van der Waals surface area contributed by atoms with Crippen LogP contribution >= 0.6 is 23.2 Å². The van der Waals surface area contributed by atoms with Crippen LogP contribution in [0.25, 0.3) is 0 Å². The van der Waals surface area contributed by atoms with Gasteiger partial charge in [0, 0.05) is 29.8 Å². The summed E-state index contributed by atoms with van der Waals surface area (Å²) in [4.78, 5) is 26.4. The number of urea groups is 1. The summed E-state index contributed by atoms with van der Waals surface area (Å²) in [6.07, 6.45) is 1.23. The average Bonchev–Trinajstić information content (AvgIpc) is 2.66. The van der Waals surface area contributed by atoms with Crippen LogP contribution < -0.4 is 10.6 Å². The third-order valence-corrected chi connectivity index (χ3v) is 4.92. The summed E-state index contributed by atoms with van der Waals surface area (Å²) in [5.41, 5.74) is 0.781. The summed E-state index contributed by atoms with van der Waals surface area (Å²) in [5.74, 6) is -0.734. The number of halogens is 2. The van der Waals surface area contributed by atoms with Gasteiger partial charge < -0.3 is 20.6 Å². The predicted molar refractivity (Wildman–Crippen MR) is 106 cm³/mol. The van der Waals surface area contributed by atoms with Crippen molar-refractivity contribution in [1.29, 1.82) is 0 Å². The Labute approximate surface area is 167 Å². The number of phenols is 1. The van der Waals surface area contributed by atoms with Crippen molar-refractivity contribution in [2.45, 2.75) is 18.9 Å². The minimum Gasteiger partial charge on any atom is -0.506 e. The SMILES string of the molecule is O=C(NC1CCN(C(=O)Nc2ccccc2)CC1)c1cc(Cl)cc(Cl)c1O. The third kappa shape index (κ3) is 4.84. The molecule has 0 spiro atoms. The lowest BCUT2D eigenvalue weighted by Gasteiger charge is -2.32. The highest BCUT2D eigenvalue weighted by Crippen LogP contribution is 2.31. The molecule has 0 radical (unpaired) electrons. The Balaban J connectivity index is 1.54. The van der Waals surface area contributed by atoms with Gasteiger partial charge in [0.05, 0.1) is 10.6 Å². The summed E-state index contributed by atoms with van der Waals surface area (Å²) >= 11 is 11.8. The highest BCUT2D eigenvalue weighted by molar-refractivity contribution is 6.36. The van der Waals surface area contributed by atoms with E-state index in [9.17, 15) is 14.7 Å². The molecule has 142 valence electrons. The monoisotopic (exact) mass is 407 g/mol. The number of piperidine rings is 1. The number of para-hydroxylation sites is 1. The van der Waals surface area contributed by atoms with Gasteiger partial charge >= 0.3 is 6.03 Å². The van der Waals surface area contributed by atoms with Crippen molar-refractivity contribution in [2.24, 2.45) is 0 Å². The number of nitrogens with one attached hydrogen (secondary N) is 2. The molecule has 3 rings (SSSR count). The van der Waals surface area contributed by atoms with Gasteiger partial charge in [-0.15, -0.1) is 0 Å². The molecule has 2 aromatic carbocycles. The van der Waals surface area contributed by atoms with E-state index in [0.717, 1.165) is 5.69 Å². The molecule has 27 heavy (non-hydrogen) atoms. The van der Waals surface area contributed by atoms with E-state index in [-0.39, 0.29) is 33.4 Å². The van der Waals surface area contributed by atoms with Crippen molar-refractivity contribution in [2.75, 3.05) is 18.4 Å². The van der Waals surface area contributed by atoms with E-state index in [1.54, 1.807) is 4.90 Å². The van der Waals surface area contributed by atoms with Crippen LogP contribution in [0.3, 0.4) is 0 Å². The van der Waals surface area contributed by atoms with Crippen molar-refractivity contribution < 1.29 is 14.7 Å². The second kappa shape index (κ2) is 8.50. The van der Waals surface area contributed by atoms with Gasteiger partial charge in [-0.1, -0.05) is 41.4 Å². The second-order valence-corrected chi connectivity index (χ2v) is 7.16. The highest BCUT2D eigenvalue weighted by atomic mass is 35.5. The summed E-state index contributed by atoms with van der Waals surface area (Å²) in [7, 11) is 0. The molecule has 0 saturated carbocycles. The lowest BCUT2D eigenvalue weighted by molar-refractivity contribution is 0.0916. The first-order chi connectivity index (χ1) is 12.9. The quantitative estimate of drug-likeness (QED) is 0.715. The maximum absolute atomic E-state index is 12.4. The van der Waals surface area contributed by atoms with Crippen molar-refractivity contribution >= 4 is 40.8 Å². The Morgan fingerprint density at radius 1 is 1.07 bits per heavy atom. The first-order valence-corrected chi connectivity index (χ1v) is 9.29. The number of hydrogen-bond acceptors (Lipinski definition) is 3. The van der Waals surface area contributed by atoms with E-state index in [4.69, 9.17) is 23.2 Å². The lowest BCUT2D eigenvalue weighted by Crippen LogP contribution is -2.47. The average molecular weight is 408 g/mol. The van der Waals surface area contributed by atoms with E-state index >= 15 is 0 Å². The van der Waals surface area contributed by atoms with Gasteiger partial charge in [0.1, 0.15) is 5.75 Å². The molecule has 0 atom stereocenters. The Morgan fingerprint density at radius 2 is 1.74 bits per heavy atom. The molecule has 0 aromatic heterocycles. The summed E-state index contributed by atoms with van der Waals surface area (Å²) in [6.45, 7) is 1.04. The number of amides is 3. The topological polar surface area (TPSA) is 81.7 Å². The number of benzene rings is 2. The van der Waals surface area contributed by atoms with Gasteiger partial charge in [0.25, 0.3) is 5.91 Å². The fourth-order valence-corrected chi connectivity index (χ4v) is 3.45. The number of aromatic hydroxyl groups is 1. The number of rotatable bonds is 3. The number of nitrogens with zero attached hydrogens (tertiary/aromatic N) is 1. The zero-order chi connectivity index (χ0) is 19.4. The van der Waals surface area contributed by atoms with Crippen LogP contribution in [0.2, 0.25) is 10.0 Å². The molecule has 1 aliphatic heterocycles. The van der Waals surface area contributed by atoms with E-state index in [1.807, 2.05) is 30.3 Å². The number of carbonyl (C=O) groups excluding carboxylic acids is 2. The first-order valence-electron chi connectivity index (χ1n) is 8.54. The van der Waals surface area contributed by atoms with Crippen molar-refractivity contribution in [3.8, 4) is 5.75 Å². The van der Waals surface area contributed by atoms with E-state index in [2.05, 4.69) is 10.6 Å². The summed E-state index contributed by atoms with van der Waals surface area (Å²) in [6, 6.07) is 11.7.